The summed E-state index contributed by atoms with van der Waals surface area (Å²) in [6.45, 7) is 26.7. The molecule has 0 unspecified atom stereocenters. The fourth-order valence-corrected chi connectivity index (χ4v) is 12.1. The van der Waals surface area contributed by atoms with Gasteiger partial charge in [-0.2, -0.15) is 13.2 Å². The van der Waals surface area contributed by atoms with E-state index >= 15 is 24.0 Å². The van der Waals surface area contributed by atoms with Crippen molar-refractivity contribution in [1.82, 2.24) is 60.0 Å². The highest BCUT2D eigenvalue weighted by atomic mass is 19.4. The number of ether oxygens (including phenoxy) is 1. The Morgan fingerprint density at radius 1 is 0.510 bits per heavy atom. The summed E-state index contributed by atoms with van der Waals surface area (Å²) >= 11 is 0. The van der Waals surface area contributed by atoms with Crippen LogP contribution in [0.3, 0.4) is 0 Å². The molecule has 28 heteroatoms. The van der Waals surface area contributed by atoms with Gasteiger partial charge in [-0.05, 0) is 102 Å². The van der Waals surface area contributed by atoms with E-state index in [9.17, 15) is 47.0 Å². The summed E-state index contributed by atoms with van der Waals surface area (Å²) in [5.41, 5.74) is 0. The second-order valence-electron chi connectivity index (χ2n) is 28.6. The summed E-state index contributed by atoms with van der Waals surface area (Å²) in [6.07, 6.45) is -1.98. The van der Waals surface area contributed by atoms with E-state index in [4.69, 9.17) is 4.74 Å². The molecule has 1 heterocycles. The highest BCUT2D eigenvalue weighted by molar-refractivity contribution is 6.00. The third-order valence-corrected chi connectivity index (χ3v) is 18.2. The zero-order chi connectivity index (χ0) is 74.6. The molecule has 4 N–H and O–H groups in total. The van der Waals surface area contributed by atoms with Crippen molar-refractivity contribution in [2.45, 2.75) is 229 Å². The lowest BCUT2D eigenvalue weighted by Gasteiger charge is -2.43. The number of likely N-dealkylation sites (N-methyl/N-ethyl adjacent to an activating group) is 9. The van der Waals surface area contributed by atoms with E-state index in [1.165, 1.54) is 98.9 Å². The number of carbonyl (C=O) groups excluding carboxylic acids is 11. The molecular formula is C68H121F3N12O13. The SMILES string of the molecule is C/C=C/C[C@@H](C)[C@@H](O)[C@H]1C(=O)N(C)[C@@H](CC)C(=O)N(C)[C@H](C)C(=O)N(C)[C@@H]([C@H](C)COCCN(C)CC(F)(F)F)C(=O)N[C@@H](C(C)C)C(=O)N(C)[C@@H](CC(C)C)C(=O)N[C@@H](C)C(=O)N[C@H](C)C(=O)N(C)[C@@H](CC(C)C)C(=O)N(C)[C@@H](CC(C)C)C(=O)N(C)[C@@H](C(C)C)C(=O)N1C. The number of hydrogen-bond acceptors (Lipinski definition) is 14. The molecule has 25 nitrogen and oxygen atoms in total. The Balaban J connectivity index is 4.50. The molecule has 1 rings (SSSR count). The van der Waals surface area contributed by atoms with E-state index in [0.29, 0.717) is 0 Å². The molecule has 0 spiro atoms. The predicted octanol–water partition coefficient (Wildman–Crippen LogP) is 4.10. The van der Waals surface area contributed by atoms with Crippen molar-refractivity contribution in [3.05, 3.63) is 12.2 Å². The Labute approximate surface area is 570 Å². The van der Waals surface area contributed by atoms with E-state index in [1.54, 1.807) is 67.5 Å². The van der Waals surface area contributed by atoms with Crippen LogP contribution in [0, 0.1) is 41.4 Å². The second-order valence-corrected chi connectivity index (χ2v) is 28.6. The van der Waals surface area contributed by atoms with Crippen molar-refractivity contribution in [3.8, 4) is 0 Å². The van der Waals surface area contributed by atoms with Gasteiger partial charge in [0.15, 0.2) is 0 Å². The summed E-state index contributed by atoms with van der Waals surface area (Å²) in [6, 6.07) is -14.8. The molecule has 96 heavy (non-hydrogen) atoms. The van der Waals surface area contributed by atoms with Crippen molar-refractivity contribution in [2.24, 2.45) is 41.4 Å². The Kier molecular flexibility index (Phi) is 35.8. The Hall–Kier alpha value is -6.42. The Bertz CT molecular complexity index is 2640. The van der Waals surface area contributed by atoms with Crippen molar-refractivity contribution in [3.63, 3.8) is 0 Å². The molecule has 1 fully saturated rings. The van der Waals surface area contributed by atoms with Gasteiger partial charge in [0.1, 0.15) is 66.5 Å². The lowest BCUT2D eigenvalue weighted by molar-refractivity contribution is -0.161. The number of halogens is 3. The lowest BCUT2D eigenvalue weighted by atomic mass is 9.91. The average Bonchev–Trinajstić information content (AvgIpc) is 0.801. The molecule has 0 aromatic rings. The minimum Gasteiger partial charge on any atom is -0.390 e. The van der Waals surface area contributed by atoms with Crippen molar-refractivity contribution >= 4 is 65.0 Å². The topological polar surface area (TPSA) is 282 Å². The molecule has 1 aliphatic heterocycles. The van der Waals surface area contributed by atoms with Crippen LogP contribution in [0.5, 0.6) is 0 Å². The third-order valence-electron chi connectivity index (χ3n) is 18.2. The summed E-state index contributed by atoms with van der Waals surface area (Å²) in [7, 11) is 12.2. The minimum atomic E-state index is -4.49. The first-order valence-corrected chi connectivity index (χ1v) is 33.8. The molecule has 11 amide bonds. The molecular weight excluding hydrogens is 1250 g/mol. The molecule has 1 saturated heterocycles. The first kappa shape index (κ1) is 87.6. The van der Waals surface area contributed by atoms with Crippen LogP contribution in [-0.2, 0) is 57.5 Å². The van der Waals surface area contributed by atoms with Crippen LogP contribution in [-0.4, -0.2) is 283 Å². The number of amides is 11. The first-order chi connectivity index (χ1) is 44.2. The molecule has 1 aliphatic rings. The molecule has 552 valence electrons. The van der Waals surface area contributed by atoms with Gasteiger partial charge in [-0.1, -0.05) is 102 Å². The van der Waals surface area contributed by atoms with Gasteiger partial charge in [0.05, 0.1) is 25.9 Å². The number of nitrogens with one attached hydrogen (secondary N) is 3. The van der Waals surface area contributed by atoms with Crippen LogP contribution in [0.25, 0.3) is 0 Å². The van der Waals surface area contributed by atoms with Gasteiger partial charge in [-0.25, -0.2) is 0 Å². The normalized spacial score (nSPS) is 26.6. The molecule has 0 aromatic heterocycles. The van der Waals surface area contributed by atoms with Crippen LogP contribution < -0.4 is 16.0 Å². The number of hydrogen-bond donors (Lipinski definition) is 4. The van der Waals surface area contributed by atoms with Crippen molar-refractivity contribution < 1.29 is 75.8 Å². The molecule has 0 radical (unpaired) electrons. The minimum absolute atomic E-state index is 0.0442. The van der Waals surface area contributed by atoms with E-state index in [1.807, 2.05) is 41.5 Å². The van der Waals surface area contributed by atoms with E-state index in [-0.39, 0.29) is 69.6 Å². The Morgan fingerprint density at radius 3 is 1.41 bits per heavy atom. The van der Waals surface area contributed by atoms with Crippen LogP contribution in [0.2, 0.25) is 0 Å². The van der Waals surface area contributed by atoms with Crippen LogP contribution in [0.1, 0.15) is 150 Å². The zero-order valence-corrected chi connectivity index (χ0v) is 62.5. The van der Waals surface area contributed by atoms with E-state index in [2.05, 4.69) is 16.0 Å². The van der Waals surface area contributed by atoms with Gasteiger partial charge < -0.3 is 65.0 Å². The van der Waals surface area contributed by atoms with Gasteiger partial charge in [-0.15, -0.1) is 0 Å². The maximum Gasteiger partial charge on any atom is 0.401 e. The number of carbonyl (C=O) groups is 11. The van der Waals surface area contributed by atoms with Gasteiger partial charge in [-0.3, -0.25) is 57.6 Å². The van der Waals surface area contributed by atoms with Gasteiger partial charge in [0, 0.05) is 68.8 Å². The zero-order valence-electron chi connectivity index (χ0n) is 62.5. The third kappa shape index (κ3) is 24.5. The smallest absolute Gasteiger partial charge is 0.390 e. The quantitative estimate of drug-likeness (QED) is 0.0987. The fourth-order valence-electron chi connectivity index (χ4n) is 12.1. The monoisotopic (exact) mass is 1370 g/mol. The average molecular weight is 1370 g/mol. The highest BCUT2D eigenvalue weighted by Crippen LogP contribution is 2.27. The van der Waals surface area contributed by atoms with Gasteiger partial charge in [0.2, 0.25) is 65.0 Å². The fraction of sp³-hybridized carbons (Fsp3) is 0.809. The largest absolute Gasteiger partial charge is 0.401 e. The number of nitrogens with zero attached hydrogens (tertiary/aromatic N) is 9. The first-order valence-electron chi connectivity index (χ1n) is 33.8. The number of allylic oxidation sites excluding steroid dienone is 2. The molecule has 0 saturated carbocycles. The number of aliphatic hydroxyl groups excluding tert-OH is 1. The van der Waals surface area contributed by atoms with E-state index in [0.717, 1.165) is 29.4 Å². The second kappa shape index (κ2) is 39.2. The standard InChI is InChI=1S/C68H121F3N12O13/c1-27-29-30-43(13)56(84)55-67(95)77(20)48(28-2)62(90)76(19)47(17)61(89)82(25)54(44(14)36-96-32-31-75(18)37-68(69,70)71)59(87)74-52(41(9)10)65(93)78(21)49(33-38(3)4)58(86)72-45(15)57(85)73-46(16)60(88)79(22)50(34-39(5)6)63(91)80(23)51(35-40(7)8)64(92)81(24)53(42(11)12)66(94)83(55)26/h27,29,38-56,84H,28,30-37H2,1-26H3,(H,72,86)(H,73,85)(H,74,87)/b29-27+/t43-,44-,45+,46-,47-,48+,49+,50+,51+,52+,53+,54+,55+,56-/m1/s1. The molecule has 0 aromatic carbocycles. The summed E-state index contributed by atoms with van der Waals surface area (Å²) < 4.78 is 45.5. The molecule has 0 bridgehead atoms. The predicted molar refractivity (Wildman–Crippen MR) is 362 cm³/mol. The van der Waals surface area contributed by atoms with Crippen LogP contribution in [0.15, 0.2) is 12.2 Å². The summed E-state index contributed by atoms with van der Waals surface area (Å²) in [5.74, 6) is -11.7. The maximum absolute atomic E-state index is 15.4. The van der Waals surface area contributed by atoms with Crippen LogP contribution >= 0.6 is 0 Å². The molecule has 14 atom stereocenters. The number of rotatable bonds is 20. The Morgan fingerprint density at radius 2 is 0.938 bits per heavy atom. The summed E-state index contributed by atoms with van der Waals surface area (Å²) in [4.78, 5) is 174. The maximum atomic E-state index is 15.4. The summed E-state index contributed by atoms with van der Waals surface area (Å²) in [5, 5.41) is 20.4. The van der Waals surface area contributed by atoms with Gasteiger partial charge >= 0.3 is 6.18 Å². The van der Waals surface area contributed by atoms with Crippen LogP contribution in [0.4, 0.5) is 13.2 Å². The van der Waals surface area contributed by atoms with Crippen molar-refractivity contribution in [2.75, 3.05) is 89.7 Å². The van der Waals surface area contributed by atoms with E-state index < -0.39 is 174 Å². The number of alkyl halides is 3. The molecule has 0 aliphatic carbocycles. The van der Waals surface area contributed by atoms with Crippen molar-refractivity contribution in [1.29, 1.82) is 0 Å². The van der Waals surface area contributed by atoms with Gasteiger partial charge in [0.25, 0.3) is 0 Å². The highest BCUT2D eigenvalue weighted by Gasteiger charge is 2.48. The lowest BCUT2D eigenvalue weighted by Crippen LogP contribution is -2.64. The number of aliphatic hydroxyl groups is 1.